The third-order valence-electron chi connectivity index (χ3n) is 5.49. The molecule has 1 saturated heterocycles. The molecule has 2 aromatic heterocycles. The predicted octanol–water partition coefficient (Wildman–Crippen LogP) is 3.89. The SMILES string of the molecule is Cc1ccc2cccc(C(=O)N3CCC(n4cc(-c5ccccc5)nn4)C3)c2n1. The van der Waals surface area contributed by atoms with E-state index in [1.807, 2.05) is 83.4 Å². The van der Waals surface area contributed by atoms with E-state index in [0.717, 1.165) is 34.3 Å². The molecule has 1 aliphatic rings. The molecule has 0 bridgehead atoms. The monoisotopic (exact) mass is 383 g/mol. The summed E-state index contributed by atoms with van der Waals surface area (Å²) < 4.78 is 1.89. The molecule has 1 fully saturated rings. The number of pyridine rings is 1. The third-order valence-corrected chi connectivity index (χ3v) is 5.49. The highest BCUT2D eigenvalue weighted by molar-refractivity contribution is 6.05. The summed E-state index contributed by atoms with van der Waals surface area (Å²) in [5, 5.41) is 9.62. The minimum Gasteiger partial charge on any atom is -0.336 e. The number of aromatic nitrogens is 4. The Balaban J connectivity index is 1.37. The van der Waals surface area contributed by atoms with E-state index in [-0.39, 0.29) is 11.9 Å². The number of para-hydroxylation sites is 1. The Morgan fingerprint density at radius 3 is 2.76 bits per heavy atom. The highest BCUT2D eigenvalue weighted by atomic mass is 16.2. The lowest BCUT2D eigenvalue weighted by atomic mass is 10.1. The number of carbonyl (C=O) groups excluding carboxylic acids is 1. The second-order valence-electron chi connectivity index (χ2n) is 7.47. The summed E-state index contributed by atoms with van der Waals surface area (Å²) in [6, 6.07) is 19.9. The van der Waals surface area contributed by atoms with Crippen molar-refractivity contribution in [2.45, 2.75) is 19.4 Å². The van der Waals surface area contributed by atoms with Crippen LogP contribution in [0.5, 0.6) is 0 Å². The van der Waals surface area contributed by atoms with E-state index in [9.17, 15) is 4.79 Å². The summed E-state index contributed by atoms with van der Waals surface area (Å²) >= 11 is 0. The van der Waals surface area contributed by atoms with E-state index >= 15 is 0 Å². The van der Waals surface area contributed by atoms with Crippen molar-refractivity contribution in [3.8, 4) is 11.3 Å². The topological polar surface area (TPSA) is 63.9 Å². The highest BCUT2D eigenvalue weighted by Crippen LogP contribution is 2.26. The predicted molar refractivity (Wildman–Crippen MR) is 111 cm³/mol. The fraction of sp³-hybridized carbons (Fsp3) is 0.217. The molecule has 6 heteroatoms. The summed E-state index contributed by atoms with van der Waals surface area (Å²) in [6.07, 6.45) is 2.83. The number of hydrogen-bond acceptors (Lipinski definition) is 4. The van der Waals surface area contributed by atoms with Crippen molar-refractivity contribution in [1.29, 1.82) is 0 Å². The normalized spacial score (nSPS) is 16.4. The highest BCUT2D eigenvalue weighted by Gasteiger charge is 2.30. The maximum Gasteiger partial charge on any atom is 0.256 e. The molecular weight excluding hydrogens is 362 g/mol. The smallest absolute Gasteiger partial charge is 0.256 e. The Bertz CT molecular complexity index is 1180. The van der Waals surface area contributed by atoms with Gasteiger partial charge in [0.15, 0.2) is 0 Å². The molecular formula is C23H21N5O. The maximum atomic E-state index is 13.2. The average Bonchev–Trinajstić information content (AvgIpc) is 3.43. The first-order valence-electron chi connectivity index (χ1n) is 9.82. The number of fused-ring (bicyclic) bond motifs is 1. The summed E-state index contributed by atoms with van der Waals surface area (Å²) in [5.74, 6) is 0.0274. The van der Waals surface area contributed by atoms with Gasteiger partial charge in [0.1, 0.15) is 5.69 Å². The second kappa shape index (κ2) is 7.13. The van der Waals surface area contributed by atoms with Crippen LogP contribution < -0.4 is 0 Å². The fourth-order valence-corrected chi connectivity index (χ4v) is 3.93. The maximum absolute atomic E-state index is 13.2. The Kier molecular flexibility index (Phi) is 4.31. The molecule has 5 rings (SSSR count). The zero-order valence-electron chi connectivity index (χ0n) is 16.2. The standard InChI is InChI=1S/C23H21N5O/c1-16-10-11-18-8-5-9-20(22(18)24-16)23(29)27-13-12-19(14-27)28-15-21(25-26-28)17-6-3-2-4-7-17/h2-11,15,19H,12-14H2,1H3. The van der Waals surface area contributed by atoms with Crippen molar-refractivity contribution in [3.63, 3.8) is 0 Å². The fourth-order valence-electron chi connectivity index (χ4n) is 3.93. The molecule has 0 aliphatic carbocycles. The van der Waals surface area contributed by atoms with Crippen LogP contribution in [0.2, 0.25) is 0 Å². The Morgan fingerprint density at radius 2 is 1.90 bits per heavy atom. The van der Waals surface area contributed by atoms with E-state index in [4.69, 9.17) is 0 Å². The van der Waals surface area contributed by atoms with Crippen molar-refractivity contribution >= 4 is 16.8 Å². The van der Waals surface area contributed by atoms with E-state index in [1.165, 1.54) is 0 Å². The lowest BCUT2D eigenvalue weighted by Crippen LogP contribution is -2.29. The van der Waals surface area contributed by atoms with Crippen LogP contribution in [0.1, 0.15) is 28.5 Å². The van der Waals surface area contributed by atoms with Crippen molar-refractivity contribution in [2.75, 3.05) is 13.1 Å². The zero-order valence-corrected chi connectivity index (χ0v) is 16.2. The van der Waals surface area contributed by atoms with Gasteiger partial charge in [-0.3, -0.25) is 9.78 Å². The number of benzene rings is 2. The number of nitrogens with zero attached hydrogens (tertiary/aromatic N) is 5. The van der Waals surface area contributed by atoms with Gasteiger partial charge in [-0.1, -0.05) is 53.7 Å². The zero-order chi connectivity index (χ0) is 19.8. The van der Waals surface area contributed by atoms with Gasteiger partial charge in [-0.05, 0) is 25.5 Å². The van der Waals surface area contributed by atoms with Gasteiger partial charge >= 0.3 is 0 Å². The van der Waals surface area contributed by atoms with Crippen LogP contribution in [-0.2, 0) is 0 Å². The van der Waals surface area contributed by atoms with E-state index in [0.29, 0.717) is 18.7 Å². The minimum atomic E-state index is 0.0274. The molecule has 6 nitrogen and oxygen atoms in total. The van der Waals surface area contributed by atoms with Crippen LogP contribution >= 0.6 is 0 Å². The van der Waals surface area contributed by atoms with Gasteiger partial charge in [-0.2, -0.15) is 0 Å². The van der Waals surface area contributed by atoms with Gasteiger partial charge in [0.25, 0.3) is 5.91 Å². The number of aryl methyl sites for hydroxylation is 1. The summed E-state index contributed by atoms with van der Waals surface area (Å²) in [5.41, 5.74) is 4.24. The number of rotatable bonds is 3. The van der Waals surface area contributed by atoms with Crippen LogP contribution in [0.3, 0.4) is 0 Å². The average molecular weight is 383 g/mol. The van der Waals surface area contributed by atoms with Crippen LogP contribution in [0.25, 0.3) is 22.2 Å². The minimum absolute atomic E-state index is 0.0274. The lowest BCUT2D eigenvalue weighted by Gasteiger charge is -2.17. The van der Waals surface area contributed by atoms with Gasteiger partial charge < -0.3 is 4.90 Å². The first-order chi connectivity index (χ1) is 14.2. The van der Waals surface area contributed by atoms with Gasteiger partial charge in [0.05, 0.1) is 23.3 Å². The van der Waals surface area contributed by atoms with Gasteiger partial charge in [-0.15, -0.1) is 5.10 Å². The Hall–Kier alpha value is -3.54. The van der Waals surface area contributed by atoms with Crippen molar-refractivity contribution in [3.05, 3.63) is 78.1 Å². The van der Waals surface area contributed by atoms with Crippen molar-refractivity contribution in [1.82, 2.24) is 24.9 Å². The first kappa shape index (κ1) is 17.6. The molecule has 1 amide bonds. The molecule has 0 N–H and O–H groups in total. The molecule has 29 heavy (non-hydrogen) atoms. The number of hydrogen-bond donors (Lipinski definition) is 0. The van der Waals surface area contributed by atoms with Gasteiger partial charge in [0.2, 0.25) is 0 Å². The van der Waals surface area contributed by atoms with E-state index < -0.39 is 0 Å². The van der Waals surface area contributed by atoms with E-state index in [1.54, 1.807) is 0 Å². The second-order valence-corrected chi connectivity index (χ2v) is 7.47. The first-order valence-corrected chi connectivity index (χ1v) is 9.82. The molecule has 0 saturated carbocycles. The number of amides is 1. The van der Waals surface area contributed by atoms with E-state index in [2.05, 4.69) is 15.3 Å². The third kappa shape index (κ3) is 3.27. The molecule has 1 aliphatic heterocycles. The molecule has 1 unspecified atom stereocenters. The molecule has 0 spiro atoms. The quantitative estimate of drug-likeness (QED) is 0.538. The van der Waals surface area contributed by atoms with Crippen molar-refractivity contribution < 1.29 is 4.79 Å². The number of likely N-dealkylation sites (tertiary alicyclic amines) is 1. The Morgan fingerprint density at radius 1 is 1.03 bits per heavy atom. The molecule has 0 radical (unpaired) electrons. The Labute approximate surface area is 168 Å². The molecule has 4 aromatic rings. The molecule has 144 valence electrons. The van der Waals surface area contributed by atoms with Crippen LogP contribution in [0.4, 0.5) is 0 Å². The molecule has 3 heterocycles. The van der Waals surface area contributed by atoms with Gasteiger partial charge in [0, 0.05) is 29.7 Å². The van der Waals surface area contributed by atoms with Crippen LogP contribution in [0, 0.1) is 6.92 Å². The summed E-state index contributed by atoms with van der Waals surface area (Å²) in [7, 11) is 0. The van der Waals surface area contributed by atoms with Gasteiger partial charge in [-0.25, -0.2) is 4.68 Å². The van der Waals surface area contributed by atoms with Crippen LogP contribution in [0.15, 0.2) is 66.9 Å². The molecule has 2 aromatic carbocycles. The lowest BCUT2D eigenvalue weighted by molar-refractivity contribution is 0.0788. The largest absolute Gasteiger partial charge is 0.336 e. The summed E-state index contributed by atoms with van der Waals surface area (Å²) in [6.45, 7) is 3.27. The molecule has 1 atom stereocenters. The van der Waals surface area contributed by atoms with Crippen LogP contribution in [-0.4, -0.2) is 43.9 Å². The summed E-state index contributed by atoms with van der Waals surface area (Å²) in [4.78, 5) is 19.7. The number of carbonyl (C=O) groups is 1. The van der Waals surface area contributed by atoms with Crippen molar-refractivity contribution in [2.24, 2.45) is 0 Å².